The average Bonchev–Trinajstić information content (AvgIpc) is 2.51. The van der Waals surface area contributed by atoms with Gasteiger partial charge in [-0.1, -0.05) is 0 Å². The van der Waals surface area contributed by atoms with Crippen LogP contribution >= 0.6 is 0 Å². The Bertz CT molecular complexity index is 247. The molecular formula is C6H7F2N3O. The molecule has 1 aromatic rings. The second-order valence-electron chi connectivity index (χ2n) is 2.10. The number of hydrogen-bond acceptors (Lipinski definition) is 2. The van der Waals surface area contributed by atoms with E-state index in [4.69, 9.17) is 0 Å². The van der Waals surface area contributed by atoms with Gasteiger partial charge in [-0.15, -0.1) is 0 Å². The molecule has 0 fully saturated rings. The van der Waals surface area contributed by atoms with Gasteiger partial charge in [0.25, 0.3) is 5.91 Å². The number of nitrogens with one attached hydrogen (secondary N) is 2. The zero-order valence-corrected chi connectivity index (χ0v) is 6.05. The maximum Gasteiger partial charge on any atom is 0.315 e. The highest BCUT2D eigenvalue weighted by Gasteiger charge is 2.13. The van der Waals surface area contributed by atoms with Gasteiger partial charge < -0.3 is 10.3 Å². The van der Waals surface area contributed by atoms with Crippen LogP contribution in [0, 0.1) is 0 Å². The molecule has 0 saturated carbocycles. The quantitative estimate of drug-likeness (QED) is 0.693. The molecule has 0 aliphatic heterocycles. The highest BCUT2D eigenvalue weighted by Crippen LogP contribution is 1.93. The number of H-pyrrole nitrogens is 1. The maximum absolute atomic E-state index is 11.6. The predicted octanol–water partition coefficient (Wildman–Crippen LogP) is 0.291. The van der Waals surface area contributed by atoms with Gasteiger partial charge in [-0.25, -0.2) is 4.98 Å². The molecule has 0 atom stereocenters. The minimum atomic E-state index is -2.96. The van der Waals surface area contributed by atoms with Gasteiger partial charge in [0.1, 0.15) is 0 Å². The summed E-state index contributed by atoms with van der Waals surface area (Å²) >= 11 is 0. The molecule has 1 amide bonds. The summed E-state index contributed by atoms with van der Waals surface area (Å²) < 4.78 is 23.2. The van der Waals surface area contributed by atoms with Crippen molar-refractivity contribution in [1.82, 2.24) is 15.3 Å². The summed E-state index contributed by atoms with van der Waals surface area (Å²) in [6.45, 7) is 0.0448. The number of halogens is 2. The van der Waals surface area contributed by atoms with E-state index in [1.165, 1.54) is 12.5 Å². The summed E-state index contributed by atoms with van der Waals surface area (Å²) in [7, 11) is 0. The van der Waals surface area contributed by atoms with E-state index in [1.807, 2.05) is 5.32 Å². The third kappa shape index (κ3) is 2.30. The van der Waals surface area contributed by atoms with Gasteiger partial charge in [-0.3, -0.25) is 4.79 Å². The minimum Gasteiger partial charge on any atom is -0.347 e. The van der Waals surface area contributed by atoms with Crippen molar-refractivity contribution in [1.29, 1.82) is 0 Å². The molecule has 0 spiro atoms. The van der Waals surface area contributed by atoms with Gasteiger partial charge >= 0.3 is 6.43 Å². The van der Waals surface area contributed by atoms with Gasteiger partial charge in [-0.05, 0) is 0 Å². The second-order valence-corrected chi connectivity index (χ2v) is 2.10. The molecule has 0 radical (unpaired) electrons. The fraction of sp³-hybridized carbons (Fsp3) is 0.333. The predicted molar refractivity (Wildman–Crippen MR) is 36.4 cm³/mol. The Kier molecular flexibility index (Phi) is 2.73. The SMILES string of the molecule is O=C(NCc1cnc[nH]1)C(F)F. The van der Waals surface area contributed by atoms with E-state index in [9.17, 15) is 13.6 Å². The lowest BCUT2D eigenvalue weighted by Gasteiger charge is -2.00. The Morgan fingerprint density at radius 3 is 3.00 bits per heavy atom. The monoisotopic (exact) mass is 175 g/mol. The summed E-state index contributed by atoms with van der Waals surface area (Å²) in [6.07, 6.45) is -0.108. The normalized spacial score (nSPS) is 10.2. The molecule has 1 aromatic heterocycles. The van der Waals surface area contributed by atoms with E-state index in [0.717, 1.165) is 0 Å². The van der Waals surface area contributed by atoms with Gasteiger partial charge in [0.2, 0.25) is 0 Å². The highest BCUT2D eigenvalue weighted by molar-refractivity contribution is 5.78. The number of aromatic nitrogens is 2. The zero-order chi connectivity index (χ0) is 8.97. The molecular weight excluding hydrogens is 168 g/mol. The maximum atomic E-state index is 11.6. The number of carbonyl (C=O) groups excluding carboxylic acids is 1. The largest absolute Gasteiger partial charge is 0.347 e. The number of aromatic amines is 1. The van der Waals surface area contributed by atoms with Crippen molar-refractivity contribution in [3.05, 3.63) is 18.2 Å². The Balaban J connectivity index is 2.32. The first kappa shape index (κ1) is 8.63. The Labute approximate surface area is 67.0 Å². The molecule has 0 saturated heterocycles. The summed E-state index contributed by atoms with van der Waals surface area (Å²) in [5.74, 6) is -1.27. The number of carbonyl (C=O) groups is 1. The van der Waals surface area contributed by atoms with Crippen LogP contribution in [0.5, 0.6) is 0 Å². The topological polar surface area (TPSA) is 57.8 Å². The number of hydrogen-bond donors (Lipinski definition) is 2. The summed E-state index contributed by atoms with van der Waals surface area (Å²) in [5, 5.41) is 2.02. The van der Waals surface area contributed by atoms with Gasteiger partial charge in [0.05, 0.1) is 18.6 Å². The Morgan fingerprint density at radius 1 is 1.75 bits per heavy atom. The van der Waals surface area contributed by atoms with Gasteiger partial charge in [-0.2, -0.15) is 8.78 Å². The molecule has 1 heterocycles. The number of amides is 1. The summed E-state index contributed by atoms with van der Waals surface area (Å²) in [5.41, 5.74) is 0.587. The Morgan fingerprint density at radius 2 is 2.50 bits per heavy atom. The molecule has 1 rings (SSSR count). The van der Waals surface area contributed by atoms with Crippen LogP contribution in [0.15, 0.2) is 12.5 Å². The fourth-order valence-corrected chi connectivity index (χ4v) is 0.641. The number of nitrogens with zero attached hydrogens (tertiary/aromatic N) is 1. The van der Waals surface area contributed by atoms with E-state index in [0.29, 0.717) is 5.69 Å². The third-order valence-electron chi connectivity index (χ3n) is 1.21. The first-order chi connectivity index (χ1) is 5.70. The fourth-order valence-electron chi connectivity index (χ4n) is 0.641. The molecule has 2 N–H and O–H groups in total. The first-order valence-electron chi connectivity index (χ1n) is 3.23. The first-order valence-corrected chi connectivity index (χ1v) is 3.23. The van der Waals surface area contributed by atoms with E-state index in [2.05, 4.69) is 9.97 Å². The van der Waals surface area contributed by atoms with Crippen molar-refractivity contribution in [3.8, 4) is 0 Å². The van der Waals surface area contributed by atoms with Crippen molar-refractivity contribution in [2.24, 2.45) is 0 Å². The lowest BCUT2D eigenvalue weighted by molar-refractivity contribution is -0.131. The summed E-state index contributed by atoms with van der Waals surface area (Å²) in [4.78, 5) is 16.7. The van der Waals surface area contributed by atoms with Gasteiger partial charge in [0.15, 0.2) is 0 Å². The Hall–Kier alpha value is -1.46. The van der Waals surface area contributed by atoms with Crippen molar-refractivity contribution >= 4 is 5.91 Å². The minimum absolute atomic E-state index is 0.0448. The molecule has 0 aliphatic carbocycles. The van der Waals surface area contributed by atoms with Crippen molar-refractivity contribution in [3.63, 3.8) is 0 Å². The van der Waals surface area contributed by atoms with E-state index >= 15 is 0 Å². The molecule has 66 valence electrons. The van der Waals surface area contributed by atoms with E-state index in [-0.39, 0.29) is 6.54 Å². The zero-order valence-electron chi connectivity index (χ0n) is 6.05. The van der Waals surface area contributed by atoms with Gasteiger partial charge in [0, 0.05) is 6.20 Å². The summed E-state index contributed by atoms with van der Waals surface area (Å²) in [6, 6.07) is 0. The molecule has 0 bridgehead atoms. The number of rotatable bonds is 3. The second kappa shape index (κ2) is 3.80. The van der Waals surface area contributed by atoms with Crippen LogP contribution in [-0.4, -0.2) is 22.3 Å². The number of alkyl halides is 2. The standard InChI is InChI=1S/C6H7F2N3O/c7-5(8)6(12)10-2-4-1-9-3-11-4/h1,3,5H,2H2,(H,9,11)(H,10,12). The molecule has 0 unspecified atom stereocenters. The lowest BCUT2D eigenvalue weighted by atomic mass is 10.4. The highest BCUT2D eigenvalue weighted by atomic mass is 19.3. The smallest absolute Gasteiger partial charge is 0.315 e. The average molecular weight is 175 g/mol. The van der Waals surface area contributed by atoms with Crippen molar-refractivity contribution in [2.45, 2.75) is 13.0 Å². The molecule has 0 aromatic carbocycles. The van der Waals surface area contributed by atoms with Crippen LogP contribution in [0.1, 0.15) is 5.69 Å². The van der Waals surface area contributed by atoms with Crippen LogP contribution in [0.3, 0.4) is 0 Å². The van der Waals surface area contributed by atoms with Crippen LogP contribution in [-0.2, 0) is 11.3 Å². The van der Waals surface area contributed by atoms with Crippen molar-refractivity contribution in [2.75, 3.05) is 0 Å². The van der Waals surface area contributed by atoms with E-state index < -0.39 is 12.3 Å². The molecule has 6 heteroatoms. The van der Waals surface area contributed by atoms with Crippen LogP contribution < -0.4 is 5.32 Å². The number of imidazole rings is 1. The van der Waals surface area contributed by atoms with Crippen molar-refractivity contribution < 1.29 is 13.6 Å². The molecule has 4 nitrogen and oxygen atoms in total. The third-order valence-corrected chi connectivity index (χ3v) is 1.21. The van der Waals surface area contributed by atoms with Crippen LogP contribution in [0.25, 0.3) is 0 Å². The lowest BCUT2D eigenvalue weighted by Crippen LogP contribution is -2.28. The van der Waals surface area contributed by atoms with Crippen LogP contribution in [0.2, 0.25) is 0 Å². The molecule has 0 aliphatic rings. The van der Waals surface area contributed by atoms with Crippen LogP contribution in [0.4, 0.5) is 8.78 Å². The van der Waals surface area contributed by atoms with E-state index in [1.54, 1.807) is 0 Å². The molecule has 12 heavy (non-hydrogen) atoms.